The van der Waals surface area contributed by atoms with Crippen molar-refractivity contribution in [2.75, 3.05) is 6.61 Å². The molecule has 1 aromatic carbocycles. The second-order valence-electron chi connectivity index (χ2n) is 4.93. The maximum atomic E-state index is 11.7. The molecule has 110 valence electrons. The Morgan fingerprint density at radius 1 is 1.30 bits per heavy atom. The molecule has 20 heavy (non-hydrogen) atoms. The van der Waals surface area contributed by atoms with Crippen molar-refractivity contribution in [2.45, 2.75) is 39.5 Å². The number of halogens is 1. The molecule has 0 saturated heterocycles. The number of hydrogen-bond donors (Lipinski definition) is 0. The highest BCUT2D eigenvalue weighted by Gasteiger charge is 2.08. The Balaban J connectivity index is 2.37. The molecule has 1 aromatic rings. The van der Waals surface area contributed by atoms with Crippen molar-refractivity contribution in [1.82, 2.24) is 0 Å². The van der Waals surface area contributed by atoms with E-state index in [1.165, 1.54) is 22.5 Å². The van der Waals surface area contributed by atoms with Crippen molar-refractivity contribution < 1.29 is 9.53 Å². The molecule has 1 atom stereocenters. The zero-order valence-electron chi connectivity index (χ0n) is 12.3. The summed E-state index contributed by atoms with van der Waals surface area (Å²) < 4.78 is 6.49. The first-order chi connectivity index (χ1) is 9.65. The highest BCUT2D eigenvalue weighted by molar-refractivity contribution is 14.1. The number of esters is 1. The van der Waals surface area contributed by atoms with Crippen LogP contribution in [0.25, 0.3) is 6.08 Å². The van der Waals surface area contributed by atoms with E-state index in [0.29, 0.717) is 12.5 Å². The maximum absolute atomic E-state index is 11.7. The van der Waals surface area contributed by atoms with E-state index in [9.17, 15) is 4.79 Å². The monoisotopic (exact) mass is 386 g/mol. The topological polar surface area (TPSA) is 26.3 Å². The third-order valence-electron chi connectivity index (χ3n) is 3.29. The van der Waals surface area contributed by atoms with Gasteiger partial charge in [0.2, 0.25) is 0 Å². The van der Waals surface area contributed by atoms with E-state index < -0.39 is 0 Å². The highest BCUT2D eigenvalue weighted by Crippen LogP contribution is 2.13. The van der Waals surface area contributed by atoms with Crippen LogP contribution in [0, 0.1) is 9.49 Å². The largest absolute Gasteiger partial charge is 0.462 e. The molecule has 0 bridgehead atoms. The van der Waals surface area contributed by atoms with E-state index in [2.05, 4.69) is 36.4 Å². The molecule has 0 N–H and O–H groups in total. The first kappa shape index (κ1) is 17.2. The molecule has 0 fully saturated rings. The lowest BCUT2D eigenvalue weighted by atomic mass is 10.0. The molecule has 0 amide bonds. The Kier molecular flexibility index (Phi) is 8.58. The number of ether oxygens (including phenoxy) is 1. The number of unbranched alkanes of at least 4 members (excludes halogenated alkanes) is 1. The molecule has 1 unspecified atom stereocenters. The predicted octanol–water partition coefficient (Wildman–Crippen LogP) is 5.06. The number of rotatable bonds is 8. The summed E-state index contributed by atoms with van der Waals surface area (Å²) in [5.74, 6) is 0.240. The van der Waals surface area contributed by atoms with Gasteiger partial charge in [0.05, 0.1) is 6.61 Å². The van der Waals surface area contributed by atoms with Gasteiger partial charge in [-0.25, -0.2) is 4.79 Å². The summed E-state index contributed by atoms with van der Waals surface area (Å²) in [6, 6.07) is 8.01. The van der Waals surface area contributed by atoms with Crippen LogP contribution in [0.2, 0.25) is 0 Å². The van der Waals surface area contributed by atoms with Crippen LogP contribution in [0.4, 0.5) is 0 Å². The van der Waals surface area contributed by atoms with Crippen LogP contribution in [0.15, 0.2) is 30.3 Å². The van der Waals surface area contributed by atoms with Crippen molar-refractivity contribution >= 4 is 34.6 Å². The molecule has 0 saturated carbocycles. The van der Waals surface area contributed by atoms with Crippen LogP contribution < -0.4 is 0 Å². The Morgan fingerprint density at radius 2 is 2.00 bits per heavy atom. The zero-order valence-corrected chi connectivity index (χ0v) is 14.4. The minimum atomic E-state index is -0.251. The van der Waals surface area contributed by atoms with Gasteiger partial charge in [-0.1, -0.05) is 45.2 Å². The highest BCUT2D eigenvalue weighted by atomic mass is 127. The molecular formula is C17H23IO2. The van der Waals surface area contributed by atoms with Crippen LogP contribution in [0.1, 0.15) is 45.1 Å². The number of benzene rings is 1. The minimum Gasteiger partial charge on any atom is -0.462 e. The smallest absolute Gasteiger partial charge is 0.330 e. The Morgan fingerprint density at radius 3 is 2.60 bits per heavy atom. The summed E-state index contributed by atoms with van der Waals surface area (Å²) >= 11 is 2.26. The van der Waals surface area contributed by atoms with Crippen LogP contribution in [0.3, 0.4) is 0 Å². The molecule has 3 heteroatoms. The first-order valence-electron chi connectivity index (χ1n) is 7.26. The van der Waals surface area contributed by atoms with Crippen LogP contribution in [-0.4, -0.2) is 12.6 Å². The summed E-state index contributed by atoms with van der Waals surface area (Å²) in [5.41, 5.74) is 1.01. The molecule has 0 radical (unpaired) electrons. The van der Waals surface area contributed by atoms with Gasteiger partial charge in [-0.2, -0.15) is 0 Å². The summed E-state index contributed by atoms with van der Waals surface area (Å²) in [5, 5.41) is 0. The van der Waals surface area contributed by atoms with Crippen molar-refractivity contribution in [2.24, 2.45) is 5.92 Å². The van der Waals surface area contributed by atoms with Crippen LogP contribution in [0.5, 0.6) is 0 Å². The lowest BCUT2D eigenvalue weighted by Gasteiger charge is -2.13. The Bertz CT molecular complexity index is 423. The van der Waals surface area contributed by atoms with Gasteiger partial charge in [-0.15, -0.1) is 0 Å². The van der Waals surface area contributed by atoms with Gasteiger partial charge >= 0.3 is 5.97 Å². The molecule has 0 spiro atoms. The molecule has 0 aliphatic carbocycles. The van der Waals surface area contributed by atoms with Crippen molar-refractivity contribution in [3.8, 4) is 0 Å². The molecular weight excluding hydrogens is 363 g/mol. The molecule has 0 aliphatic heterocycles. The molecule has 0 aliphatic rings. The van der Waals surface area contributed by atoms with Gasteiger partial charge in [0.25, 0.3) is 0 Å². The average molecular weight is 386 g/mol. The predicted molar refractivity (Wildman–Crippen MR) is 92.5 cm³/mol. The van der Waals surface area contributed by atoms with Gasteiger partial charge in [-0.3, -0.25) is 0 Å². The van der Waals surface area contributed by atoms with E-state index in [0.717, 1.165) is 18.4 Å². The average Bonchev–Trinajstić information content (AvgIpc) is 2.47. The van der Waals surface area contributed by atoms with Crippen molar-refractivity contribution in [3.63, 3.8) is 0 Å². The van der Waals surface area contributed by atoms with E-state index >= 15 is 0 Å². The number of hydrogen-bond acceptors (Lipinski definition) is 2. The van der Waals surface area contributed by atoms with Gasteiger partial charge in [-0.05, 0) is 58.7 Å². The standard InChI is InChI=1S/C17H23IO2/c1-3-5-6-14(4-2)13-20-17(19)12-9-15-7-10-16(18)11-8-15/h7-12,14H,3-6,13H2,1-2H3. The fourth-order valence-electron chi connectivity index (χ4n) is 1.88. The Hall–Kier alpha value is -0.840. The summed E-state index contributed by atoms with van der Waals surface area (Å²) in [6.07, 6.45) is 7.90. The first-order valence-corrected chi connectivity index (χ1v) is 8.34. The zero-order chi connectivity index (χ0) is 14.8. The van der Waals surface area contributed by atoms with Gasteiger partial charge < -0.3 is 4.74 Å². The van der Waals surface area contributed by atoms with Gasteiger partial charge in [0.1, 0.15) is 0 Å². The van der Waals surface area contributed by atoms with Gasteiger partial charge in [0.15, 0.2) is 0 Å². The number of carbonyl (C=O) groups excluding carboxylic acids is 1. The lowest BCUT2D eigenvalue weighted by molar-refractivity contribution is -0.139. The van der Waals surface area contributed by atoms with Crippen molar-refractivity contribution in [1.29, 1.82) is 0 Å². The molecule has 0 heterocycles. The second-order valence-corrected chi connectivity index (χ2v) is 6.18. The fourth-order valence-corrected chi connectivity index (χ4v) is 2.24. The second kappa shape index (κ2) is 9.97. The summed E-state index contributed by atoms with van der Waals surface area (Å²) in [7, 11) is 0. The Labute approximate surface area is 135 Å². The molecule has 0 aromatic heterocycles. The lowest BCUT2D eigenvalue weighted by Crippen LogP contribution is -2.12. The van der Waals surface area contributed by atoms with E-state index in [4.69, 9.17) is 4.74 Å². The third-order valence-corrected chi connectivity index (χ3v) is 4.01. The number of carbonyl (C=O) groups is 1. The maximum Gasteiger partial charge on any atom is 0.330 e. The molecule has 1 rings (SSSR count). The van der Waals surface area contributed by atoms with Crippen LogP contribution >= 0.6 is 22.6 Å². The molecule has 2 nitrogen and oxygen atoms in total. The fraction of sp³-hybridized carbons (Fsp3) is 0.471. The summed E-state index contributed by atoms with van der Waals surface area (Å²) in [4.78, 5) is 11.7. The SMILES string of the molecule is CCCCC(CC)COC(=O)C=Cc1ccc(I)cc1. The quantitative estimate of drug-likeness (QED) is 0.355. The minimum absolute atomic E-state index is 0.251. The normalized spacial score (nSPS) is 12.6. The van der Waals surface area contributed by atoms with Crippen LogP contribution in [-0.2, 0) is 9.53 Å². The van der Waals surface area contributed by atoms with E-state index in [1.54, 1.807) is 6.08 Å². The van der Waals surface area contributed by atoms with E-state index in [-0.39, 0.29) is 5.97 Å². The van der Waals surface area contributed by atoms with E-state index in [1.807, 2.05) is 24.3 Å². The van der Waals surface area contributed by atoms with Gasteiger partial charge in [0, 0.05) is 9.65 Å². The van der Waals surface area contributed by atoms with Crippen molar-refractivity contribution in [3.05, 3.63) is 39.5 Å². The third kappa shape index (κ3) is 7.08. The summed E-state index contributed by atoms with van der Waals surface area (Å²) in [6.45, 7) is 4.87.